The van der Waals surface area contributed by atoms with Gasteiger partial charge in [-0.2, -0.15) is 0 Å². The number of hydrogen-bond acceptors (Lipinski definition) is 2. The summed E-state index contributed by atoms with van der Waals surface area (Å²) in [7, 11) is 0. The first-order valence-corrected chi connectivity index (χ1v) is 6.99. The molecule has 2 rings (SSSR count). The van der Waals surface area contributed by atoms with E-state index in [0.717, 1.165) is 17.2 Å². The topological polar surface area (TPSA) is 55.1 Å². The van der Waals surface area contributed by atoms with Gasteiger partial charge in [0.1, 0.15) is 0 Å². The van der Waals surface area contributed by atoms with Crippen molar-refractivity contribution in [3.8, 4) is 0 Å². The summed E-state index contributed by atoms with van der Waals surface area (Å²) >= 11 is 0. The average Bonchev–Trinajstić information content (AvgIpc) is 2.44. The number of hydrogen-bond donors (Lipinski definition) is 2. The number of nitrogens with one attached hydrogen (secondary N) is 1. The maximum absolute atomic E-state index is 12.2. The van der Waals surface area contributed by atoms with Gasteiger partial charge < -0.3 is 11.1 Å². The number of benzene rings is 2. The molecule has 0 fully saturated rings. The van der Waals surface area contributed by atoms with Crippen LogP contribution in [0.15, 0.2) is 42.5 Å². The highest BCUT2D eigenvalue weighted by atomic mass is 16.1. The van der Waals surface area contributed by atoms with Crippen LogP contribution >= 0.6 is 0 Å². The zero-order valence-electron chi connectivity index (χ0n) is 12.1. The minimum atomic E-state index is -0.0270. The molecule has 0 heterocycles. The molecule has 0 bridgehead atoms. The molecule has 1 amide bonds. The predicted molar refractivity (Wildman–Crippen MR) is 83.7 cm³/mol. The minimum Gasteiger partial charge on any atom is -0.352 e. The molecular formula is C17H22N2O. The van der Waals surface area contributed by atoms with Crippen LogP contribution in [0.2, 0.25) is 0 Å². The average molecular weight is 270 g/mol. The SMILES string of the molecule is CC(C)(CCN)CNC(=O)c1ccc2ccccc2c1. The molecule has 3 N–H and O–H groups in total. The fourth-order valence-electron chi connectivity index (χ4n) is 2.23. The fourth-order valence-corrected chi connectivity index (χ4v) is 2.23. The van der Waals surface area contributed by atoms with E-state index < -0.39 is 0 Å². The van der Waals surface area contributed by atoms with Crippen LogP contribution in [0.1, 0.15) is 30.6 Å². The standard InChI is InChI=1S/C17H22N2O/c1-17(2,9-10-18)12-19-16(20)15-8-7-13-5-3-4-6-14(13)11-15/h3-8,11H,9-10,12,18H2,1-2H3,(H,19,20). The first-order valence-electron chi connectivity index (χ1n) is 6.99. The molecule has 0 aliphatic rings. The van der Waals surface area contributed by atoms with Crippen LogP contribution in [0.4, 0.5) is 0 Å². The van der Waals surface area contributed by atoms with E-state index in [9.17, 15) is 4.79 Å². The van der Waals surface area contributed by atoms with E-state index in [0.29, 0.717) is 18.7 Å². The third-order valence-electron chi connectivity index (χ3n) is 3.56. The van der Waals surface area contributed by atoms with E-state index in [1.807, 2.05) is 42.5 Å². The highest BCUT2D eigenvalue weighted by molar-refractivity contribution is 5.98. The third kappa shape index (κ3) is 3.58. The van der Waals surface area contributed by atoms with Crippen molar-refractivity contribution < 1.29 is 4.79 Å². The first kappa shape index (κ1) is 14.5. The first-order chi connectivity index (χ1) is 9.52. The summed E-state index contributed by atoms with van der Waals surface area (Å²) < 4.78 is 0. The lowest BCUT2D eigenvalue weighted by molar-refractivity contribution is 0.0935. The summed E-state index contributed by atoms with van der Waals surface area (Å²) in [5.74, 6) is -0.0270. The lowest BCUT2D eigenvalue weighted by Gasteiger charge is -2.24. The molecular weight excluding hydrogens is 248 g/mol. The summed E-state index contributed by atoms with van der Waals surface area (Å²) in [6.45, 7) is 5.50. The molecule has 0 saturated heterocycles. The molecule has 3 heteroatoms. The van der Waals surface area contributed by atoms with Crippen LogP contribution in [0.3, 0.4) is 0 Å². The molecule has 0 aromatic heterocycles. The van der Waals surface area contributed by atoms with Gasteiger partial charge in [0.15, 0.2) is 0 Å². The molecule has 0 saturated carbocycles. The maximum Gasteiger partial charge on any atom is 0.251 e. The summed E-state index contributed by atoms with van der Waals surface area (Å²) in [5.41, 5.74) is 6.31. The number of nitrogens with two attached hydrogens (primary N) is 1. The molecule has 106 valence electrons. The Morgan fingerprint density at radius 3 is 2.55 bits per heavy atom. The van der Waals surface area contributed by atoms with Gasteiger partial charge in [0.2, 0.25) is 0 Å². The van der Waals surface area contributed by atoms with Gasteiger partial charge in [-0.15, -0.1) is 0 Å². The number of fused-ring (bicyclic) bond motifs is 1. The van der Waals surface area contributed by atoms with Gasteiger partial charge in [-0.25, -0.2) is 0 Å². The molecule has 20 heavy (non-hydrogen) atoms. The van der Waals surface area contributed by atoms with E-state index in [1.54, 1.807) is 0 Å². The molecule has 0 aliphatic heterocycles. The van der Waals surface area contributed by atoms with Crippen molar-refractivity contribution in [2.45, 2.75) is 20.3 Å². The Kier molecular flexibility index (Phi) is 4.40. The highest BCUT2D eigenvalue weighted by Crippen LogP contribution is 2.19. The quantitative estimate of drug-likeness (QED) is 0.877. The molecule has 0 spiro atoms. The Hall–Kier alpha value is -1.87. The van der Waals surface area contributed by atoms with Crippen LogP contribution in [0.25, 0.3) is 10.8 Å². The monoisotopic (exact) mass is 270 g/mol. The van der Waals surface area contributed by atoms with Crippen molar-refractivity contribution in [2.24, 2.45) is 11.1 Å². The highest BCUT2D eigenvalue weighted by Gasteiger charge is 2.18. The van der Waals surface area contributed by atoms with Crippen LogP contribution in [0, 0.1) is 5.41 Å². The third-order valence-corrected chi connectivity index (χ3v) is 3.56. The number of carbonyl (C=O) groups is 1. The van der Waals surface area contributed by atoms with E-state index in [4.69, 9.17) is 5.73 Å². The molecule has 0 atom stereocenters. The van der Waals surface area contributed by atoms with E-state index in [1.165, 1.54) is 0 Å². The second kappa shape index (κ2) is 6.06. The minimum absolute atomic E-state index is 0.0270. The van der Waals surface area contributed by atoms with E-state index >= 15 is 0 Å². The van der Waals surface area contributed by atoms with Crippen molar-refractivity contribution in [2.75, 3.05) is 13.1 Å². The van der Waals surface area contributed by atoms with Crippen molar-refractivity contribution in [3.63, 3.8) is 0 Å². The number of carbonyl (C=O) groups excluding carboxylic acids is 1. The number of rotatable bonds is 5. The van der Waals surface area contributed by atoms with E-state index in [2.05, 4.69) is 19.2 Å². The summed E-state index contributed by atoms with van der Waals surface area (Å²) in [6.07, 6.45) is 0.894. The summed E-state index contributed by atoms with van der Waals surface area (Å²) in [5, 5.41) is 5.22. The zero-order valence-corrected chi connectivity index (χ0v) is 12.1. The Morgan fingerprint density at radius 1 is 1.15 bits per heavy atom. The van der Waals surface area contributed by atoms with Gasteiger partial charge in [-0.3, -0.25) is 4.79 Å². The molecule has 2 aromatic carbocycles. The largest absolute Gasteiger partial charge is 0.352 e. The van der Waals surface area contributed by atoms with Crippen LogP contribution in [0.5, 0.6) is 0 Å². The maximum atomic E-state index is 12.2. The van der Waals surface area contributed by atoms with Crippen molar-refractivity contribution in [1.29, 1.82) is 0 Å². The lowest BCUT2D eigenvalue weighted by atomic mass is 9.89. The fraction of sp³-hybridized carbons (Fsp3) is 0.353. The van der Waals surface area contributed by atoms with Gasteiger partial charge in [0, 0.05) is 12.1 Å². The van der Waals surface area contributed by atoms with Gasteiger partial charge in [-0.05, 0) is 41.3 Å². The second-order valence-electron chi connectivity index (χ2n) is 5.95. The van der Waals surface area contributed by atoms with Gasteiger partial charge in [-0.1, -0.05) is 44.2 Å². The molecule has 0 unspecified atom stereocenters. The van der Waals surface area contributed by atoms with Crippen LogP contribution in [-0.2, 0) is 0 Å². The van der Waals surface area contributed by atoms with Crippen molar-refractivity contribution in [3.05, 3.63) is 48.0 Å². The molecule has 0 aliphatic carbocycles. The predicted octanol–water partition coefficient (Wildman–Crippen LogP) is 2.94. The smallest absolute Gasteiger partial charge is 0.251 e. The molecule has 2 aromatic rings. The Bertz CT molecular complexity index is 605. The van der Waals surface area contributed by atoms with Crippen LogP contribution < -0.4 is 11.1 Å². The zero-order chi connectivity index (χ0) is 14.6. The second-order valence-corrected chi connectivity index (χ2v) is 5.95. The molecule has 0 radical (unpaired) electrons. The summed E-state index contributed by atoms with van der Waals surface area (Å²) in [4.78, 5) is 12.2. The molecule has 3 nitrogen and oxygen atoms in total. The number of amides is 1. The Balaban J connectivity index is 2.08. The van der Waals surface area contributed by atoms with Crippen LogP contribution in [-0.4, -0.2) is 19.0 Å². The Morgan fingerprint density at radius 2 is 1.85 bits per heavy atom. The Labute approximate surface area is 120 Å². The lowest BCUT2D eigenvalue weighted by Crippen LogP contribution is -2.35. The van der Waals surface area contributed by atoms with Gasteiger partial charge in [0.25, 0.3) is 5.91 Å². The van der Waals surface area contributed by atoms with Gasteiger partial charge >= 0.3 is 0 Å². The van der Waals surface area contributed by atoms with Crippen molar-refractivity contribution >= 4 is 16.7 Å². The van der Waals surface area contributed by atoms with Gasteiger partial charge in [0.05, 0.1) is 0 Å². The van der Waals surface area contributed by atoms with E-state index in [-0.39, 0.29) is 11.3 Å². The van der Waals surface area contributed by atoms with Crippen molar-refractivity contribution in [1.82, 2.24) is 5.32 Å². The summed E-state index contributed by atoms with van der Waals surface area (Å²) in [6, 6.07) is 13.8. The normalized spacial score (nSPS) is 11.6.